The van der Waals surface area contributed by atoms with E-state index in [1.165, 1.54) is 6.92 Å². The van der Waals surface area contributed by atoms with E-state index in [1.54, 1.807) is 0 Å². The highest BCUT2D eigenvalue weighted by molar-refractivity contribution is 5.18. The van der Waals surface area contributed by atoms with Crippen molar-refractivity contribution >= 4 is 6.01 Å². The lowest BCUT2D eigenvalue weighted by atomic mass is 10.2. The van der Waals surface area contributed by atoms with Crippen LogP contribution >= 0.6 is 0 Å². The number of halogens is 3. The first-order valence-electron chi connectivity index (χ1n) is 5.65. The standard InChI is InChI=1S/C10H17F3N4O/c1-6(2)14-5-8-16-17-9(18-8)15-7(3)4-10(11,12)13/h6-7,14H,4-5H2,1-3H3,(H,15,17). The van der Waals surface area contributed by atoms with Crippen molar-refractivity contribution in [3.8, 4) is 0 Å². The number of alkyl halides is 3. The molecule has 0 radical (unpaired) electrons. The molecule has 1 aromatic rings. The van der Waals surface area contributed by atoms with E-state index in [-0.39, 0.29) is 12.1 Å². The monoisotopic (exact) mass is 266 g/mol. The van der Waals surface area contributed by atoms with Gasteiger partial charge in [0.05, 0.1) is 13.0 Å². The fourth-order valence-electron chi connectivity index (χ4n) is 1.28. The Bertz CT molecular complexity index is 364. The zero-order chi connectivity index (χ0) is 13.8. The van der Waals surface area contributed by atoms with Gasteiger partial charge in [0.15, 0.2) is 0 Å². The van der Waals surface area contributed by atoms with E-state index in [2.05, 4.69) is 20.8 Å². The number of hydrogen-bond acceptors (Lipinski definition) is 5. The van der Waals surface area contributed by atoms with Gasteiger partial charge in [0.2, 0.25) is 5.89 Å². The second-order valence-electron chi connectivity index (χ2n) is 4.40. The van der Waals surface area contributed by atoms with Crippen LogP contribution in [0.25, 0.3) is 0 Å². The number of aromatic nitrogens is 2. The average Bonchev–Trinajstić information content (AvgIpc) is 2.59. The Balaban J connectivity index is 2.43. The van der Waals surface area contributed by atoms with Gasteiger partial charge in [-0.1, -0.05) is 18.9 Å². The molecule has 0 fully saturated rings. The number of hydrogen-bond donors (Lipinski definition) is 2. The van der Waals surface area contributed by atoms with E-state index in [0.29, 0.717) is 12.4 Å². The molecule has 0 aliphatic heterocycles. The van der Waals surface area contributed by atoms with Crippen LogP contribution in [0.5, 0.6) is 0 Å². The number of nitrogens with zero attached hydrogens (tertiary/aromatic N) is 2. The van der Waals surface area contributed by atoms with Crippen LogP contribution in [-0.2, 0) is 6.54 Å². The van der Waals surface area contributed by atoms with Crippen molar-refractivity contribution in [1.29, 1.82) is 0 Å². The fraction of sp³-hybridized carbons (Fsp3) is 0.800. The van der Waals surface area contributed by atoms with Crippen LogP contribution in [0.15, 0.2) is 4.42 Å². The molecule has 8 heteroatoms. The maximum absolute atomic E-state index is 12.1. The fourth-order valence-corrected chi connectivity index (χ4v) is 1.28. The Morgan fingerprint density at radius 2 is 1.89 bits per heavy atom. The Morgan fingerprint density at radius 1 is 1.22 bits per heavy atom. The quantitative estimate of drug-likeness (QED) is 0.827. The van der Waals surface area contributed by atoms with E-state index in [0.717, 1.165) is 0 Å². The molecule has 2 N–H and O–H groups in total. The molecule has 1 aromatic heterocycles. The predicted molar refractivity (Wildman–Crippen MR) is 60.0 cm³/mol. The molecule has 0 spiro atoms. The van der Waals surface area contributed by atoms with E-state index >= 15 is 0 Å². The highest BCUT2D eigenvalue weighted by Gasteiger charge is 2.30. The Kier molecular flexibility index (Phi) is 4.94. The first-order chi connectivity index (χ1) is 8.26. The van der Waals surface area contributed by atoms with E-state index in [1.807, 2.05) is 13.8 Å². The van der Waals surface area contributed by atoms with Crippen molar-refractivity contribution in [3.05, 3.63) is 5.89 Å². The molecule has 1 atom stereocenters. The molecule has 0 amide bonds. The maximum Gasteiger partial charge on any atom is 0.391 e. The van der Waals surface area contributed by atoms with Gasteiger partial charge in [0.1, 0.15) is 0 Å². The molecule has 0 aliphatic carbocycles. The molecular formula is C10H17F3N4O. The molecule has 0 saturated carbocycles. The summed E-state index contributed by atoms with van der Waals surface area (Å²) in [5.74, 6) is 0.338. The zero-order valence-electron chi connectivity index (χ0n) is 10.5. The van der Waals surface area contributed by atoms with Crippen molar-refractivity contribution in [2.24, 2.45) is 0 Å². The summed E-state index contributed by atoms with van der Waals surface area (Å²) in [5, 5.41) is 12.9. The minimum atomic E-state index is -4.21. The summed E-state index contributed by atoms with van der Waals surface area (Å²) < 4.78 is 41.5. The molecule has 1 rings (SSSR count). The normalized spacial score (nSPS) is 13.9. The van der Waals surface area contributed by atoms with Crippen LogP contribution in [0, 0.1) is 0 Å². The Hall–Kier alpha value is -1.31. The summed E-state index contributed by atoms with van der Waals surface area (Å²) >= 11 is 0. The van der Waals surface area contributed by atoms with E-state index < -0.39 is 18.6 Å². The third-order valence-electron chi connectivity index (χ3n) is 2.04. The average molecular weight is 266 g/mol. The van der Waals surface area contributed by atoms with Gasteiger partial charge in [0.25, 0.3) is 0 Å². The van der Waals surface area contributed by atoms with E-state index in [4.69, 9.17) is 4.42 Å². The van der Waals surface area contributed by atoms with Crippen molar-refractivity contribution in [2.75, 3.05) is 5.32 Å². The first-order valence-corrected chi connectivity index (χ1v) is 5.65. The topological polar surface area (TPSA) is 63.0 Å². The molecule has 0 aliphatic rings. The summed E-state index contributed by atoms with van der Waals surface area (Å²) in [6, 6.07) is -0.541. The summed E-state index contributed by atoms with van der Waals surface area (Å²) in [6.07, 6.45) is -5.16. The van der Waals surface area contributed by atoms with Crippen LogP contribution in [0.2, 0.25) is 0 Å². The molecule has 104 valence electrons. The number of anilines is 1. The van der Waals surface area contributed by atoms with Crippen LogP contribution in [-0.4, -0.2) is 28.5 Å². The first kappa shape index (κ1) is 14.7. The Labute approximate surface area is 103 Å². The van der Waals surface area contributed by atoms with Crippen LogP contribution < -0.4 is 10.6 Å². The van der Waals surface area contributed by atoms with Crippen LogP contribution in [0.3, 0.4) is 0 Å². The highest BCUT2D eigenvalue weighted by Crippen LogP contribution is 2.22. The van der Waals surface area contributed by atoms with Gasteiger partial charge in [-0.3, -0.25) is 0 Å². The molecule has 1 unspecified atom stereocenters. The number of rotatable bonds is 6. The SMILES string of the molecule is CC(C)NCc1nnc(NC(C)CC(F)(F)F)o1. The summed E-state index contributed by atoms with van der Waals surface area (Å²) in [6.45, 7) is 5.71. The molecule has 18 heavy (non-hydrogen) atoms. The highest BCUT2D eigenvalue weighted by atomic mass is 19.4. The van der Waals surface area contributed by atoms with Crippen molar-refractivity contribution in [2.45, 2.75) is 52.0 Å². The summed E-state index contributed by atoms with van der Waals surface area (Å²) in [5.41, 5.74) is 0. The van der Waals surface area contributed by atoms with E-state index in [9.17, 15) is 13.2 Å². The maximum atomic E-state index is 12.1. The van der Waals surface area contributed by atoms with Crippen molar-refractivity contribution in [3.63, 3.8) is 0 Å². The lowest BCUT2D eigenvalue weighted by molar-refractivity contribution is -0.136. The van der Waals surface area contributed by atoms with Gasteiger partial charge in [-0.2, -0.15) is 13.2 Å². The molecular weight excluding hydrogens is 249 g/mol. The van der Waals surface area contributed by atoms with Crippen LogP contribution in [0.1, 0.15) is 33.1 Å². The lowest BCUT2D eigenvalue weighted by Crippen LogP contribution is -2.24. The molecule has 0 bridgehead atoms. The predicted octanol–water partition coefficient (Wildman–Crippen LogP) is 2.32. The molecule has 5 nitrogen and oxygen atoms in total. The number of nitrogens with one attached hydrogen (secondary N) is 2. The second-order valence-corrected chi connectivity index (χ2v) is 4.40. The molecule has 1 heterocycles. The minimum Gasteiger partial charge on any atom is -0.407 e. The van der Waals surface area contributed by atoms with Gasteiger partial charge < -0.3 is 15.1 Å². The summed E-state index contributed by atoms with van der Waals surface area (Å²) in [7, 11) is 0. The third kappa shape index (κ3) is 5.85. The van der Waals surface area contributed by atoms with Gasteiger partial charge in [-0.15, -0.1) is 5.10 Å². The molecule has 0 aromatic carbocycles. The minimum absolute atomic E-state index is 0.00676. The third-order valence-corrected chi connectivity index (χ3v) is 2.04. The van der Waals surface area contributed by atoms with Crippen molar-refractivity contribution in [1.82, 2.24) is 15.5 Å². The van der Waals surface area contributed by atoms with Crippen LogP contribution in [0.4, 0.5) is 19.2 Å². The zero-order valence-corrected chi connectivity index (χ0v) is 10.5. The van der Waals surface area contributed by atoms with Gasteiger partial charge >= 0.3 is 12.2 Å². The second kappa shape index (κ2) is 6.03. The van der Waals surface area contributed by atoms with Gasteiger partial charge in [-0.25, -0.2) is 0 Å². The lowest BCUT2D eigenvalue weighted by Gasteiger charge is -2.13. The van der Waals surface area contributed by atoms with Crippen molar-refractivity contribution < 1.29 is 17.6 Å². The Morgan fingerprint density at radius 3 is 2.44 bits per heavy atom. The largest absolute Gasteiger partial charge is 0.407 e. The van der Waals surface area contributed by atoms with Gasteiger partial charge in [-0.05, 0) is 6.92 Å². The van der Waals surface area contributed by atoms with Gasteiger partial charge in [0, 0.05) is 12.1 Å². The molecule has 0 saturated heterocycles. The smallest absolute Gasteiger partial charge is 0.391 e. The summed E-state index contributed by atoms with van der Waals surface area (Å²) in [4.78, 5) is 0.